The fourth-order valence-electron chi connectivity index (χ4n) is 2.91. The number of rotatable bonds is 2. The summed E-state index contributed by atoms with van der Waals surface area (Å²) in [7, 11) is 0. The summed E-state index contributed by atoms with van der Waals surface area (Å²) in [6.45, 7) is 2.23. The average molecular weight is 197 g/mol. The number of piperidine rings is 1. The second kappa shape index (κ2) is 3.80. The molecule has 3 aliphatic rings. The number of nitrogens with one attached hydrogen (secondary N) is 1. The van der Waals surface area contributed by atoms with Gasteiger partial charge in [0.05, 0.1) is 24.4 Å². The van der Waals surface area contributed by atoms with Crippen LogP contribution < -0.4 is 5.32 Å². The quantitative estimate of drug-likeness (QED) is 0.718. The van der Waals surface area contributed by atoms with Crippen LogP contribution in [-0.4, -0.2) is 37.5 Å². The Morgan fingerprint density at radius 2 is 1.93 bits per heavy atom. The van der Waals surface area contributed by atoms with E-state index < -0.39 is 0 Å². The zero-order valence-corrected chi connectivity index (χ0v) is 8.58. The molecule has 3 fully saturated rings. The minimum atomic E-state index is 0.414. The third-order valence-corrected chi connectivity index (χ3v) is 3.70. The van der Waals surface area contributed by atoms with Crippen LogP contribution in [0.15, 0.2) is 0 Å². The predicted molar refractivity (Wildman–Crippen MR) is 53.3 cm³/mol. The van der Waals surface area contributed by atoms with Gasteiger partial charge in [0.2, 0.25) is 0 Å². The molecule has 3 aliphatic heterocycles. The van der Waals surface area contributed by atoms with Gasteiger partial charge in [-0.3, -0.25) is 0 Å². The molecule has 3 heteroatoms. The molecule has 0 aromatic rings. The van der Waals surface area contributed by atoms with Gasteiger partial charge in [0, 0.05) is 6.42 Å². The van der Waals surface area contributed by atoms with Crippen LogP contribution in [0.3, 0.4) is 0 Å². The first-order valence-electron chi connectivity index (χ1n) is 5.93. The van der Waals surface area contributed by atoms with E-state index in [4.69, 9.17) is 9.47 Å². The molecule has 3 nitrogen and oxygen atoms in total. The van der Waals surface area contributed by atoms with Gasteiger partial charge in [-0.25, -0.2) is 0 Å². The van der Waals surface area contributed by atoms with Gasteiger partial charge < -0.3 is 14.8 Å². The lowest BCUT2D eigenvalue weighted by Crippen LogP contribution is -2.37. The highest BCUT2D eigenvalue weighted by Crippen LogP contribution is 2.37. The summed E-state index contributed by atoms with van der Waals surface area (Å²) in [6.07, 6.45) is 7.83. The zero-order chi connectivity index (χ0) is 9.38. The molecule has 2 bridgehead atoms. The van der Waals surface area contributed by atoms with Crippen LogP contribution in [0.5, 0.6) is 0 Å². The second-order valence-corrected chi connectivity index (χ2v) is 4.73. The van der Waals surface area contributed by atoms with Gasteiger partial charge in [0.15, 0.2) is 0 Å². The molecule has 1 N–H and O–H groups in total. The second-order valence-electron chi connectivity index (χ2n) is 4.73. The van der Waals surface area contributed by atoms with Crippen LogP contribution in [0, 0.1) is 0 Å². The van der Waals surface area contributed by atoms with Crippen molar-refractivity contribution in [3.05, 3.63) is 0 Å². The third-order valence-electron chi connectivity index (χ3n) is 3.70. The maximum Gasteiger partial charge on any atom is 0.0865 e. The number of fused-ring (bicyclic) bond motifs is 2. The standard InChI is InChI=1S/C11H19NO2/c1-2-10-11(7-9(1)14-10)13-8-3-5-12-6-4-8/h8-12H,1-7H2. The van der Waals surface area contributed by atoms with Crippen molar-refractivity contribution in [3.63, 3.8) is 0 Å². The summed E-state index contributed by atoms with van der Waals surface area (Å²) in [5, 5.41) is 3.36. The van der Waals surface area contributed by atoms with E-state index in [1.165, 1.54) is 25.7 Å². The SMILES string of the molecule is C1CC(OC2CC3CCC2O3)CCN1. The Morgan fingerprint density at radius 3 is 2.57 bits per heavy atom. The van der Waals surface area contributed by atoms with Gasteiger partial charge in [-0.1, -0.05) is 0 Å². The van der Waals surface area contributed by atoms with Crippen molar-refractivity contribution in [3.8, 4) is 0 Å². The lowest BCUT2D eigenvalue weighted by Gasteiger charge is -2.28. The van der Waals surface area contributed by atoms with Gasteiger partial charge in [-0.05, 0) is 38.8 Å². The van der Waals surface area contributed by atoms with E-state index in [1.54, 1.807) is 0 Å². The van der Waals surface area contributed by atoms with E-state index in [0.717, 1.165) is 19.5 Å². The van der Waals surface area contributed by atoms with Gasteiger partial charge in [0.25, 0.3) is 0 Å². The van der Waals surface area contributed by atoms with Crippen LogP contribution in [-0.2, 0) is 9.47 Å². The summed E-state index contributed by atoms with van der Waals surface area (Å²) in [6, 6.07) is 0. The molecule has 0 spiro atoms. The van der Waals surface area contributed by atoms with E-state index in [2.05, 4.69) is 5.32 Å². The van der Waals surface area contributed by atoms with Crippen molar-refractivity contribution in [2.24, 2.45) is 0 Å². The summed E-state index contributed by atoms with van der Waals surface area (Å²) in [5.74, 6) is 0. The highest BCUT2D eigenvalue weighted by Gasteiger charge is 2.42. The topological polar surface area (TPSA) is 30.5 Å². The van der Waals surface area contributed by atoms with Crippen molar-refractivity contribution in [1.29, 1.82) is 0 Å². The normalized spacial score (nSPS) is 43.3. The molecule has 0 saturated carbocycles. The largest absolute Gasteiger partial charge is 0.372 e. The fraction of sp³-hybridized carbons (Fsp3) is 1.00. The van der Waals surface area contributed by atoms with Crippen LogP contribution in [0.4, 0.5) is 0 Å². The molecule has 14 heavy (non-hydrogen) atoms. The van der Waals surface area contributed by atoms with E-state index >= 15 is 0 Å². The molecule has 0 aromatic heterocycles. The Morgan fingerprint density at radius 1 is 1.07 bits per heavy atom. The van der Waals surface area contributed by atoms with Crippen molar-refractivity contribution < 1.29 is 9.47 Å². The molecule has 3 rings (SSSR count). The predicted octanol–water partition coefficient (Wildman–Crippen LogP) is 1.07. The number of ether oxygens (including phenoxy) is 2. The van der Waals surface area contributed by atoms with Gasteiger partial charge in [0.1, 0.15) is 0 Å². The first-order chi connectivity index (χ1) is 6.92. The first-order valence-corrected chi connectivity index (χ1v) is 5.93. The Kier molecular flexibility index (Phi) is 2.48. The molecule has 0 aliphatic carbocycles. The van der Waals surface area contributed by atoms with Crippen molar-refractivity contribution in [2.45, 2.75) is 56.5 Å². The highest BCUT2D eigenvalue weighted by atomic mass is 16.6. The molecule has 3 heterocycles. The van der Waals surface area contributed by atoms with Crippen LogP contribution >= 0.6 is 0 Å². The van der Waals surface area contributed by atoms with Gasteiger partial charge in [-0.15, -0.1) is 0 Å². The molecule has 0 radical (unpaired) electrons. The van der Waals surface area contributed by atoms with Gasteiger partial charge in [-0.2, -0.15) is 0 Å². The minimum Gasteiger partial charge on any atom is -0.372 e. The van der Waals surface area contributed by atoms with Crippen molar-refractivity contribution in [2.75, 3.05) is 13.1 Å². The lowest BCUT2D eigenvalue weighted by atomic mass is 9.97. The van der Waals surface area contributed by atoms with Crippen LogP contribution in [0.1, 0.15) is 32.1 Å². The average Bonchev–Trinajstić information content (AvgIpc) is 2.81. The fourth-order valence-corrected chi connectivity index (χ4v) is 2.91. The summed E-state index contributed by atoms with van der Waals surface area (Å²) in [5.41, 5.74) is 0. The Balaban J connectivity index is 1.52. The lowest BCUT2D eigenvalue weighted by molar-refractivity contribution is -0.0563. The maximum absolute atomic E-state index is 6.12. The van der Waals surface area contributed by atoms with Crippen LogP contribution in [0.25, 0.3) is 0 Å². The number of hydrogen-bond donors (Lipinski definition) is 1. The molecule has 3 atom stereocenters. The van der Waals surface area contributed by atoms with Gasteiger partial charge >= 0.3 is 0 Å². The molecule has 0 aromatic carbocycles. The summed E-state index contributed by atoms with van der Waals surface area (Å²) >= 11 is 0. The Bertz CT molecular complexity index is 203. The van der Waals surface area contributed by atoms with E-state index in [0.29, 0.717) is 24.4 Å². The Labute approximate surface area is 85.1 Å². The molecular formula is C11H19NO2. The van der Waals surface area contributed by atoms with Crippen LogP contribution in [0.2, 0.25) is 0 Å². The van der Waals surface area contributed by atoms with E-state index in [1.807, 2.05) is 0 Å². The smallest absolute Gasteiger partial charge is 0.0865 e. The van der Waals surface area contributed by atoms with E-state index in [9.17, 15) is 0 Å². The molecule has 3 unspecified atom stereocenters. The number of hydrogen-bond acceptors (Lipinski definition) is 3. The zero-order valence-electron chi connectivity index (χ0n) is 8.58. The molecule has 80 valence electrons. The van der Waals surface area contributed by atoms with E-state index in [-0.39, 0.29) is 0 Å². The Hall–Kier alpha value is -0.120. The monoisotopic (exact) mass is 197 g/mol. The molecular weight excluding hydrogens is 178 g/mol. The highest BCUT2D eigenvalue weighted by molar-refractivity contribution is 4.91. The summed E-state index contributed by atoms with van der Waals surface area (Å²) < 4.78 is 11.9. The maximum atomic E-state index is 6.12. The molecule has 3 saturated heterocycles. The third kappa shape index (κ3) is 1.69. The summed E-state index contributed by atoms with van der Waals surface area (Å²) in [4.78, 5) is 0. The minimum absolute atomic E-state index is 0.414. The van der Waals surface area contributed by atoms with Crippen molar-refractivity contribution in [1.82, 2.24) is 5.32 Å². The molecule has 0 amide bonds. The first kappa shape index (κ1) is 9.13. The van der Waals surface area contributed by atoms with Crippen molar-refractivity contribution >= 4 is 0 Å².